The zero-order valence-corrected chi connectivity index (χ0v) is 16.8. The van der Waals surface area contributed by atoms with Gasteiger partial charge < -0.3 is 9.64 Å². The number of hydrogen-bond donors (Lipinski definition) is 0. The number of benzene rings is 1. The Morgan fingerprint density at radius 1 is 1.30 bits per heavy atom. The van der Waals surface area contributed by atoms with Crippen LogP contribution in [0.4, 0.5) is 0 Å². The zero-order valence-electron chi connectivity index (χ0n) is 16.0. The van der Waals surface area contributed by atoms with Crippen molar-refractivity contribution in [1.29, 1.82) is 0 Å². The summed E-state index contributed by atoms with van der Waals surface area (Å²) < 4.78 is 6.75. The average molecular weight is 390 g/mol. The fourth-order valence-corrected chi connectivity index (χ4v) is 4.49. The number of nitrogens with zero attached hydrogens (tertiary/aromatic N) is 3. The van der Waals surface area contributed by atoms with Gasteiger partial charge in [-0.3, -0.25) is 14.2 Å². The van der Waals surface area contributed by atoms with E-state index in [2.05, 4.69) is 4.98 Å². The van der Waals surface area contributed by atoms with Gasteiger partial charge in [0.1, 0.15) is 0 Å². The molecular weight excluding hydrogens is 362 g/mol. The van der Waals surface area contributed by atoms with Gasteiger partial charge in [-0.15, -0.1) is 0 Å². The van der Waals surface area contributed by atoms with Gasteiger partial charge in [0, 0.05) is 20.2 Å². The van der Waals surface area contributed by atoms with Crippen molar-refractivity contribution in [3.8, 4) is 0 Å². The SMILES string of the molecule is COCCn1c(SCC(=O)N(C)C2CCCCC2)nc2ccccc2c1=O. The van der Waals surface area contributed by atoms with E-state index in [9.17, 15) is 9.59 Å². The Morgan fingerprint density at radius 3 is 2.78 bits per heavy atom. The molecule has 0 spiro atoms. The fraction of sp³-hybridized carbons (Fsp3) is 0.550. The Morgan fingerprint density at radius 2 is 2.04 bits per heavy atom. The molecule has 7 heteroatoms. The Balaban J connectivity index is 1.78. The van der Waals surface area contributed by atoms with Crippen LogP contribution in [0.2, 0.25) is 0 Å². The van der Waals surface area contributed by atoms with E-state index in [4.69, 9.17) is 4.74 Å². The van der Waals surface area contributed by atoms with Crippen LogP contribution in [0.15, 0.2) is 34.2 Å². The lowest BCUT2D eigenvalue weighted by Crippen LogP contribution is -2.39. The first-order chi connectivity index (χ1) is 13.1. The van der Waals surface area contributed by atoms with Gasteiger partial charge in [-0.05, 0) is 25.0 Å². The Hall–Kier alpha value is -1.86. The molecule has 0 radical (unpaired) electrons. The maximum Gasteiger partial charge on any atom is 0.262 e. The van der Waals surface area contributed by atoms with E-state index in [1.165, 1.54) is 31.0 Å². The van der Waals surface area contributed by atoms with Crippen molar-refractivity contribution in [3.63, 3.8) is 0 Å². The Labute approximate surface area is 163 Å². The molecule has 1 amide bonds. The minimum absolute atomic E-state index is 0.0896. The molecule has 0 atom stereocenters. The summed E-state index contributed by atoms with van der Waals surface area (Å²) in [6, 6.07) is 7.65. The average Bonchev–Trinajstić information content (AvgIpc) is 2.71. The van der Waals surface area contributed by atoms with E-state index in [0.717, 1.165) is 12.8 Å². The lowest BCUT2D eigenvalue weighted by Gasteiger charge is -2.31. The summed E-state index contributed by atoms with van der Waals surface area (Å²) in [5, 5.41) is 1.16. The minimum Gasteiger partial charge on any atom is -0.383 e. The van der Waals surface area contributed by atoms with Gasteiger partial charge in [0.25, 0.3) is 5.56 Å². The minimum atomic E-state index is -0.0896. The van der Waals surface area contributed by atoms with Crippen LogP contribution in [0.3, 0.4) is 0 Å². The van der Waals surface area contributed by atoms with Crippen LogP contribution in [-0.4, -0.2) is 52.9 Å². The topological polar surface area (TPSA) is 64.4 Å². The van der Waals surface area contributed by atoms with Crippen LogP contribution < -0.4 is 5.56 Å². The summed E-state index contributed by atoms with van der Waals surface area (Å²) in [6.07, 6.45) is 5.82. The molecule has 1 aromatic heterocycles. The number of amides is 1. The summed E-state index contributed by atoms with van der Waals surface area (Å²) in [6.45, 7) is 0.839. The fourth-order valence-electron chi connectivity index (χ4n) is 3.54. The van der Waals surface area contributed by atoms with Crippen LogP contribution in [-0.2, 0) is 16.1 Å². The number of thioether (sulfide) groups is 1. The predicted molar refractivity (Wildman–Crippen MR) is 108 cm³/mol. The largest absolute Gasteiger partial charge is 0.383 e. The second kappa shape index (κ2) is 9.37. The van der Waals surface area contributed by atoms with Gasteiger partial charge in [0.05, 0.1) is 29.8 Å². The van der Waals surface area contributed by atoms with Gasteiger partial charge in [-0.1, -0.05) is 43.2 Å². The third-order valence-corrected chi connectivity index (χ3v) is 6.15. The molecule has 27 heavy (non-hydrogen) atoms. The second-order valence-electron chi connectivity index (χ2n) is 6.95. The standard InChI is InChI=1S/C20H27N3O3S/c1-22(15-8-4-3-5-9-15)18(24)14-27-20-21-17-11-7-6-10-16(17)19(25)23(20)12-13-26-2/h6-7,10-11,15H,3-5,8-9,12-14H2,1-2H3. The van der Waals surface area contributed by atoms with E-state index >= 15 is 0 Å². The molecule has 3 rings (SSSR count). The third kappa shape index (κ3) is 4.71. The Bertz CT molecular complexity index is 846. The van der Waals surface area contributed by atoms with E-state index in [1.807, 2.05) is 30.1 Å². The molecule has 1 saturated carbocycles. The maximum absolute atomic E-state index is 12.8. The number of carbonyl (C=O) groups is 1. The molecule has 0 aliphatic heterocycles. The zero-order chi connectivity index (χ0) is 19.2. The summed E-state index contributed by atoms with van der Waals surface area (Å²) >= 11 is 1.33. The van der Waals surface area contributed by atoms with Gasteiger partial charge in [-0.25, -0.2) is 4.98 Å². The van der Waals surface area contributed by atoms with E-state index in [1.54, 1.807) is 17.7 Å². The van der Waals surface area contributed by atoms with Gasteiger partial charge in [-0.2, -0.15) is 0 Å². The highest BCUT2D eigenvalue weighted by molar-refractivity contribution is 7.99. The first kappa shape index (κ1) is 19.9. The number of para-hydroxylation sites is 1. The molecule has 1 aliphatic rings. The smallest absolute Gasteiger partial charge is 0.262 e. The maximum atomic E-state index is 12.8. The lowest BCUT2D eigenvalue weighted by atomic mass is 9.94. The van der Waals surface area contributed by atoms with Crippen molar-refractivity contribution in [2.45, 2.75) is 49.8 Å². The number of ether oxygens (including phenoxy) is 1. The molecule has 2 aromatic rings. The molecule has 6 nitrogen and oxygen atoms in total. The molecule has 0 unspecified atom stereocenters. The quantitative estimate of drug-likeness (QED) is 0.538. The summed E-state index contributed by atoms with van der Waals surface area (Å²) in [4.78, 5) is 32.0. The highest BCUT2D eigenvalue weighted by Crippen LogP contribution is 2.23. The number of carbonyl (C=O) groups excluding carboxylic acids is 1. The number of aromatic nitrogens is 2. The molecule has 0 saturated heterocycles. The van der Waals surface area contributed by atoms with Crippen molar-refractivity contribution in [3.05, 3.63) is 34.6 Å². The van der Waals surface area contributed by atoms with Crippen LogP contribution >= 0.6 is 11.8 Å². The number of hydrogen-bond acceptors (Lipinski definition) is 5. The molecule has 1 aromatic carbocycles. The van der Waals surface area contributed by atoms with E-state index in [-0.39, 0.29) is 17.2 Å². The van der Waals surface area contributed by atoms with Crippen molar-refractivity contribution in [2.75, 3.05) is 26.5 Å². The summed E-state index contributed by atoms with van der Waals surface area (Å²) in [7, 11) is 3.50. The van der Waals surface area contributed by atoms with Crippen molar-refractivity contribution in [2.24, 2.45) is 0 Å². The second-order valence-corrected chi connectivity index (χ2v) is 7.89. The van der Waals surface area contributed by atoms with Gasteiger partial charge in [0.15, 0.2) is 5.16 Å². The highest BCUT2D eigenvalue weighted by Gasteiger charge is 2.22. The summed E-state index contributed by atoms with van der Waals surface area (Å²) in [5.41, 5.74) is 0.569. The number of methoxy groups -OCH3 is 1. The van der Waals surface area contributed by atoms with E-state index in [0.29, 0.717) is 35.3 Å². The highest BCUT2D eigenvalue weighted by atomic mass is 32.2. The van der Waals surface area contributed by atoms with Crippen LogP contribution in [0, 0.1) is 0 Å². The molecule has 146 valence electrons. The lowest BCUT2D eigenvalue weighted by molar-refractivity contribution is -0.129. The number of rotatable bonds is 7. The molecular formula is C20H27N3O3S. The normalized spacial score (nSPS) is 15.2. The van der Waals surface area contributed by atoms with Crippen molar-refractivity contribution < 1.29 is 9.53 Å². The molecule has 1 aliphatic carbocycles. The first-order valence-electron chi connectivity index (χ1n) is 9.49. The number of fused-ring (bicyclic) bond motifs is 1. The van der Waals surface area contributed by atoms with E-state index < -0.39 is 0 Å². The summed E-state index contributed by atoms with van der Waals surface area (Å²) in [5.74, 6) is 0.373. The molecule has 0 bridgehead atoms. The van der Waals surface area contributed by atoms with Crippen LogP contribution in [0.1, 0.15) is 32.1 Å². The van der Waals surface area contributed by atoms with Crippen molar-refractivity contribution >= 4 is 28.6 Å². The molecule has 0 N–H and O–H groups in total. The monoisotopic (exact) mass is 389 g/mol. The Kier molecular flexibility index (Phi) is 6.90. The van der Waals surface area contributed by atoms with Crippen molar-refractivity contribution in [1.82, 2.24) is 14.5 Å². The third-order valence-electron chi connectivity index (χ3n) is 5.19. The predicted octanol–water partition coefficient (Wildman–Crippen LogP) is 2.93. The van der Waals surface area contributed by atoms with Gasteiger partial charge >= 0.3 is 0 Å². The molecule has 1 heterocycles. The van der Waals surface area contributed by atoms with Crippen LogP contribution in [0.5, 0.6) is 0 Å². The van der Waals surface area contributed by atoms with Gasteiger partial charge in [0.2, 0.25) is 5.91 Å². The van der Waals surface area contributed by atoms with Crippen LogP contribution in [0.25, 0.3) is 10.9 Å². The first-order valence-corrected chi connectivity index (χ1v) is 10.5. The molecule has 1 fully saturated rings.